The molecule has 0 atom stereocenters. The zero-order valence-corrected chi connectivity index (χ0v) is 16.7. The molecule has 28 heavy (non-hydrogen) atoms. The van der Waals surface area contributed by atoms with Crippen molar-refractivity contribution in [2.24, 2.45) is 0 Å². The summed E-state index contributed by atoms with van der Waals surface area (Å²) in [7, 11) is 1.60. The van der Waals surface area contributed by atoms with Crippen LogP contribution >= 0.6 is 11.6 Å². The largest absolute Gasteiger partial charge is 0.493 e. The molecule has 0 unspecified atom stereocenters. The summed E-state index contributed by atoms with van der Waals surface area (Å²) < 4.78 is 10.8. The van der Waals surface area contributed by atoms with Crippen LogP contribution in [-0.2, 0) is 10.2 Å². The Morgan fingerprint density at radius 2 is 1.75 bits per heavy atom. The summed E-state index contributed by atoms with van der Waals surface area (Å²) >= 11 is 6.00. The van der Waals surface area contributed by atoms with E-state index < -0.39 is 5.41 Å². The molecule has 0 saturated heterocycles. The van der Waals surface area contributed by atoms with Crippen molar-refractivity contribution < 1.29 is 14.3 Å². The highest BCUT2D eigenvalue weighted by atomic mass is 35.5. The van der Waals surface area contributed by atoms with Crippen LogP contribution < -0.4 is 14.8 Å². The Kier molecular flexibility index (Phi) is 6.84. The topological polar surface area (TPSA) is 47.6 Å². The van der Waals surface area contributed by atoms with Crippen LogP contribution in [0.1, 0.15) is 31.2 Å². The van der Waals surface area contributed by atoms with E-state index in [1.165, 1.54) is 0 Å². The molecule has 0 heterocycles. The van der Waals surface area contributed by atoms with E-state index in [1.54, 1.807) is 7.11 Å². The number of carbonyl (C=O) groups excluding carboxylic acids is 1. The summed E-state index contributed by atoms with van der Waals surface area (Å²) in [4.78, 5) is 12.9. The second-order valence-electron chi connectivity index (χ2n) is 6.77. The molecule has 0 bridgehead atoms. The van der Waals surface area contributed by atoms with E-state index in [2.05, 4.69) is 17.2 Å². The average molecular weight is 398 g/mol. The van der Waals surface area contributed by atoms with Gasteiger partial charge in [-0.25, -0.2) is 0 Å². The van der Waals surface area contributed by atoms with Gasteiger partial charge in [0.05, 0.1) is 19.1 Å². The first-order chi connectivity index (χ1) is 13.7. The highest BCUT2D eigenvalue weighted by Crippen LogP contribution is 2.41. The second kappa shape index (κ2) is 9.52. The van der Waals surface area contributed by atoms with Crippen molar-refractivity contribution in [2.45, 2.75) is 31.1 Å². The molecule has 1 aliphatic rings. The van der Waals surface area contributed by atoms with E-state index in [1.807, 2.05) is 48.5 Å². The molecule has 1 fully saturated rings. The number of methoxy groups -OCH3 is 1. The van der Waals surface area contributed by atoms with Crippen molar-refractivity contribution in [3.05, 3.63) is 59.1 Å². The summed E-state index contributed by atoms with van der Waals surface area (Å²) in [6.07, 6.45) is 3.80. The highest BCUT2D eigenvalue weighted by molar-refractivity contribution is 6.30. The minimum atomic E-state index is -0.472. The standard InChI is InChI=1S/C23H24ClNO3/c1-27-20-8-2-3-9-21(20)28-17-7-6-16-25-22(26)23(14-4-5-15-23)18-10-12-19(24)13-11-18/h2-3,8-13H,4-5,14-17H2,1H3,(H,25,26). The number of para-hydroxylation sites is 2. The lowest BCUT2D eigenvalue weighted by Gasteiger charge is -2.28. The maximum Gasteiger partial charge on any atom is 0.231 e. The Labute approximate surface area is 171 Å². The highest BCUT2D eigenvalue weighted by Gasteiger charge is 2.42. The number of benzene rings is 2. The van der Waals surface area contributed by atoms with Crippen molar-refractivity contribution in [3.63, 3.8) is 0 Å². The van der Waals surface area contributed by atoms with Crippen LogP contribution in [0.4, 0.5) is 0 Å². The van der Waals surface area contributed by atoms with Crippen LogP contribution in [0.2, 0.25) is 5.02 Å². The molecule has 0 aliphatic heterocycles. The summed E-state index contributed by atoms with van der Waals surface area (Å²) in [5.74, 6) is 7.24. The van der Waals surface area contributed by atoms with Crippen molar-refractivity contribution >= 4 is 17.5 Å². The van der Waals surface area contributed by atoms with E-state index in [-0.39, 0.29) is 12.5 Å². The molecule has 0 aromatic heterocycles. The summed E-state index contributed by atoms with van der Waals surface area (Å²) in [6, 6.07) is 15.0. The first-order valence-corrected chi connectivity index (χ1v) is 9.79. The van der Waals surface area contributed by atoms with Crippen molar-refractivity contribution in [1.29, 1.82) is 0 Å². The second-order valence-corrected chi connectivity index (χ2v) is 7.21. The molecule has 2 aromatic carbocycles. The Bertz CT molecular complexity index is 861. The van der Waals surface area contributed by atoms with E-state index in [0.29, 0.717) is 23.1 Å². The lowest BCUT2D eigenvalue weighted by atomic mass is 9.78. The van der Waals surface area contributed by atoms with Gasteiger partial charge in [-0.3, -0.25) is 4.79 Å². The molecule has 1 N–H and O–H groups in total. The van der Waals surface area contributed by atoms with Crippen molar-refractivity contribution in [3.8, 4) is 23.3 Å². The Hall–Kier alpha value is -2.64. The van der Waals surface area contributed by atoms with Gasteiger partial charge in [-0.2, -0.15) is 0 Å². The number of ether oxygens (including phenoxy) is 2. The molecule has 0 spiro atoms. The van der Waals surface area contributed by atoms with Gasteiger partial charge in [-0.05, 0) is 42.7 Å². The predicted molar refractivity (Wildman–Crippen MR) is 111 cm³/mol. The minimum absolute atomic E-state index is 0.0345. The molecular weight excluding hydrogens is 374 g/mol. The number of amides is 1. The van der Waals surface area contributed by atoms with E-state index in [0.717, 1.165) is 31.2 Å². The third-order valence-corrected chi connectivity index (χ3v) is 5.37. The lowest BCUT2D eigenvalue weighted by Crippen LogP contribution is -2.42. The van der Waals surface area contributed by atoms with Crippen molar-refractivity contribution in [1.82, 2.24) is 5.32 Å². The van der Waals surface area contributed by atoms with Gasteiger partial charge >= 0.3 is 0 Å². The molecule has 1 aliphatic carbocycles. The van der Waals surface area contributed by atoms with Crippen LogP contribution in [0.15, 0.2) is 48.5 Å². The molecular formula is C23H24ClNO3. The first kappa shape index (κ1) is 20.1. The molecule has 2 aromatic rings. The summed E-state index contributed by atoms with van der Waals surface area (Å²) in [5, 5.41) is 3.65. The number of hydrogen-bond acceptors (Lipinski definition) is 3. The number of rotatable bonds is 6. The molecule has 5 heteroatoms. The average Bonchev–Trinajstić information content (AvgIpc) is 3.22. The molecule has 0 radical (unpaired) electrons. The van der Waals surface area contributed by atoms with Crippen LogP contribution in [0.25, 0.3) is 0 Å². The van der Waals surface area contributed by atoms with E-state index >= 15 is 0 Å². The van der Waals surface area contributed by atoms with Crippen molar-refractivity contribution in [2.75, 3.05) is 20.3 Å². The quantitative estimate of drug-likeness (QED) is 0.737. The smallest absolute Gasteiger partial charge is 0.231 e. The molecule has 1 saturated carbocycles. The van der Waals surface area contributed by atoms with Crippen LogP contribution in [0, 0.1) is 11.8 Å². The molecule has 4 nitrogen and oxygen atoms in total. The maximum atomic E-state index is 12.9. The van der Waals surface area contributed by atoms with Gasteiger partial charge in [0.1, 0.15) is 6.61 Å². The third-order valence-electron chi connectivity index (χ3n) is 5.12. The van der Waals surface area contributed by atoms with E-state index in [4.69, 9.17) is 21.1 Å². The zero-order chi connectivity index (χ0) is 19.8. The van der Waals surface area contributed by atoms with Gasteiger partial charge in [0.15, 0.2) is 11.5 Å². The van der Waals surface area contributed by atoms with Gasteiger partial charge in [0, 0.05) is 5.02 Å². The van der Waals surface area contributed by atoms with Gasteiger partial charge < -0.3 is 14.8 Å². The maximum absolute atomic E-state index is 12.9. The number of hydrogen-bond donors (Lipinski definition) is 1. The van der Waals surface area contributed by atoms with Crippen LogP contribution in [0.5, 0.6) is 11.5 Å². The molecule has 3 rings (SSSR count). The normalized spacial score (nSPS) is 14.6. The number of nitrogens with one attached hydrogen (secondary N) is 1. The van der Waals surface area contributed by atoms with Crippen LogP contribution in [-0.4, -0.2) is 26.2 Å². The van der Waals surface area contributed by atoms with Gasteiger partial charge in [-0.15, -0.1) is 0 Å². The first-order valence-electron chi connectivity index (χ1n) is 9.41. The fourth-order valence-electron chi connectivity index (χ4n) is 3.65. The lowest BCUT2D eigenvalue weighted by molar-refractivity contribution is -0.126. The third kappa shape index (κ3) is 4.61. The van der Waals surface area contributed by atoms with Gasteiger partial charge in [0.2, 0.25) is 5.91 Å². The zero-order valence-electron chi connectivity index (χ0n) is 16.0. The number of carbonyl (C=O) groups is 1. The van der Waals surface area contributed by atoms with Gasteiger partial charge in [0.25, 0.3) is 0 Å². The fraction of sp³-hybridized carbons (Fsp3) is 0.348. The minimum Gasteiger partial charge on any atom is -0.493 e. The Morgan fingerprint density at radius 3 is 2.43 bits per heavy atom. The van der Waals surface area contributed by atoms with E-state index in [9.17, 15) is 4.79 Å². The Balaban J connectivity index is 1.55. The fourth-order valence-corrected chi connectivity index (χ4v) is 3.78. The van der Waals surface area contributed by atoms with Crippen LogP contribution in [0.3, 0.4) is 0 Å². The molecule has 146 valence electrons. The number of halogens is 1. The summed E-state index contributed by atoms with van der Waals surface area (Å²) in [6.45, 7) is 0.530. The summed E-state index contributed by atoms with van der Waals surface area (Å²) in [5.41, 5.74) is 0.555. The predicted octanol–water partition coefficient (Wildman–Crippen LogP) is 4.36. The van der Waals surface area contributed by atoms with Gasteiger partial charge in [-0.1, -0.05) is 60.5 Å². The SMILES string of the molecule is COc1ccccc1OCC#CCNC(=O)C1(c2ccc(Cl)cc2)CCCC1. The Morgan fingerprint density at radius 1 is 1.07 bits per heavy atom. The molecule has 1 amide bonds. The monoisotopic (exact) mass is 397 g/mol.